The Labute approximate surface area is 115 Å². The van der Waals surface area contributed by atoms with Crippen LogP contribution in [-0.4, -0.2) is 47.0 Å². The first-order valence-corrected chi connectivity index (χ1v) is 6.09. The second-order valence-electron chi connectivity index (χ2n) is 4.29. The van der Waals surface area contributed by atoms with Gasteiger partial charge in [-0.15, -0.1) is 0 Å². The zero-order chi connectivity index (χ0) is 14.5. The number of carbonyl (C=O) groups is 1. The summed E-state index contributed by atoms with van der Waals surface area (Å²) < 4.78 is 5.18. The zero-order valence-corrected chi connectivity index (χ0v) is 10.7. The Hall–Kier alpha value is -2.41. The summed E-state index contributed by atoms with van der Waals surface area (Å²) in [6.07, 6.45) is 2.91. The lowest BCUT2D eigenvalue weighted by Gasteiger charge is -2.24. The lowest BCUT2D eigenvalue weighted by Crippen LogP contribution is -2.32. The van der Waals surface area contributed by atoms with Gasteiger partial charge >= 0.3 is 0 Å². The summed E-state index contributed by atoms with van der Waals surface area (Å²) in [5.74, 6) is -0.745. The number of phenolic OH excluding ortho intramolecular Hbond substituents is 1. The molecule has 0 bridgehead atoms. The fraction of sp³-hybridized carbons (Fsp3) is 0.308. The van der Waals surface area contributed by atoms with Gasteiger partial charge < -0.3 is 14.7 Å². The summed E-state index contributed by atoms with van der Waals surface area (Å²) in [5, 5.41) is 20.3. The first-order chi connectivity index (χ1) is 9.58. The van der Waals surface area contributed by atoms with E-state index in [0.717, 1.165) is 18.2 Å². The van der Waals surface area contributed by atoms with Crippen molar-refractivity contribution < 1.29 is 19.6 Å². The topological polar surface area (TPSA) is 92.9 Å². The van der Waals surface area contributed by atoms with E-state index in [1.165, 1.54) is 6.08 Å². The number of aromatic hydroxyl groups is 1. The summed E-state index contributed by atoms with van der Waals surface area (Å²) in [7, 11) is 0. The molecule has 106 valence electrons. The Morgan fingerprint density at radius 2 is 2.10 bits per heavy atom. The van der Waals surface area contributed by atoms with Crippen LogP contribution in [0.4, 0.5) is 5.69 Å². The summed E-state index contributed by atoms with van der Waals surface area (Å²) in [5.41, 5.74) is -0.311. The number of allylic oxidation sites excluding steroid dienone is 1. The van der Waals surface area contributed by atoms with Crippen molar-refractivity contribution in [1.29, 1.82) is 0 Å². The van der Waals surface area contributed by atoms with E-state index in [-0.39, 0.29) is 17.0 Å². The van der Waals surface area contributed by atoms with Crippen LogP contribution in [0.5, 0.6) is 5.75 Å². The van der Waals surface area contributed by atoms with Crippen LogP contribution in [0.2, 0.25) is 0 Å². The molecule has 0 radical (unpaired) electrons. The molecule has 7 nitrogen and oxygen atoms in total. The highest BCUT2D eigenvalue weighted by atomic mass is 16.6. The van der Waals surface area contributed by atoms with Crippen LogP contribution in [0.1, 0.15) is 10.4 Å². The number of non-ortho nitro benzene ring substituents is 1. The monoisotopic (exact) mass is 278 g/mol. The fourth-order valence-corrected chi connectivity index (χ4v) is 1.82. The van der Waals surface area contributed by atoms with Crippen LogP contribution in [-0.2, 0) is 4.74 Å². The number of ketones is 1. The van der Waals surface area contributed by atoms with Crippen LogP contribution >= 0.6 is 0 Å². The van der Waals surface area contributed by atoms with Gasteiger partial charge in [0.15, 0.2) is 5.78 Å². The summed E-state index contributed by atoms with van der Waals surface area (Å²) >= 11 is 0. The summed E-state index contributed by atoms with van der Waals surface area (Å²) in [4.78, 5) is 23.9. The largest absolute Gasteiger partial charge is 0.507 e. The average Bonchev–Trinajstić information content (AvgIpc) is 2.46. The third-order valence-electron chi connectivity index (χ3n) is 2.94. The van der Waals surface area contributed by atoms with Crippen molar-refractivity contribution >= 4 is 11.5 Å². The molecule has 0 aromatic heterocycles. The maximum Gasteiger partial charge on any atom is 0.270 e. The van der Waals surface area contributed by atoms with E-state index in [4.69, 9.17) is 4.74 Å². The molecule has 0 amide bonds. The maximum atomic E-state index is 12.0. The third kappa shape index (κ3) is 3.33. The second-order valence-corrected chi connectivity index (χ2v) is 4.29. The van der Waals surface area contributed by atoms with Crippen molar-refractivity contribution in [2.45, 2.75) is 0 Å². The second kappa shape index (κ2) is 6.16. The Kier molecular flexibility index (Phi) is 4.31. The van der Waals surface area contributed by atoms with Crippen molar-refractivity contribution in [3.63, 3.8) is 0 Å². The predicted octanol–water partition coefficient (Wildman–Crippen LogP) is 1.33. The van der Waals surface area contributed by atoms with Crippen LogP contribution < -0.4 is 0 Å². The first kappa shape index (κ1) is 14.0. The van der Waals surface area contributed by atoms with Gasteiger partial charge in [-0.1, -0.05) is 0 Å². The lowest BCUT2D eigenvalue weighted by molar-refractivity contribution is -0.384. The van der Waals surface area contributed by atoms with Crippen LogP contribution in [0.3, 0.4) is 0 Å². The minimum absolute atomic E-state index is 0.0799. The molecular weight excluding hydrogens is 264 g/mol. The Morgan fingerprint density at radius 3 is 2.75 bits per heavy atom. The summed E-state index contributed by atoms with van der Waals surface area (Å²) in [6.45, 7) is 2.57. The van der Waals surface area contributed by atoms with E-state index < -0.39 is 10.7 Å². The normalized spacial score (nSPS) is 15.5. The van der Waals surface area contributed by atoms with Gasteiger partial charge in [-0.05, 0) is 6.07 Å². The molecule has 2 rings (SSSR count). The van der Waals surface area contributed by atoms with Crippen molar-refractivity contribution in [3.8, 4) is 5.75 Å². The van der Waals surface area contributed by atoms with Gasteiger partial charge in [0, 0.05) is 37.5 Å². The molecule has 0 atom stereocenters. The van der Waals surface area contributed by atoms with E-state index in [1.807, 2.05) is 4.90 Å². The predicted molar refractivity (Wildman–Crippen MR) is 70.6 cm³/mol. The van der Waals surface area contributed by atoms with Crippen molar-refractivity contribution in [2.75, 3.05) is 26.3 Å². The molecule has 1 aliphatic heterocycles. The number of hydrogen-bond acceptors (Lipinski definition) is 6. The minimum atomic E-state index is -0.609. The minimum Gasteiger partial charge on any atom is -0.507 e. The number of hydrogen-bond donors (Lipinski definition) is 1. The molecule has 0 saturated carbocycles. The number of ether oxygens (including phenoxy) is 1. The smallest absolute Gasteiger partial charge is 0.270 e. The molecule has 0 spiro atoms. The number of phenols is 1. The van der Waals surface area contributed by atoms with Gasteiger partial charge in [0.2, 0.25) is 0 Å². The van der Waals surface area contributed by atoms with Crippen LogP contribution in [0, 0.1) is 10.1 Å². The zero-order valence-electron chi connectivity index (χ0n) is 10.7. The molecule has 1 N–H and O–H groups in total. The average molecular weight is 278 g/mol. The molecule has 1 aromatic carbocycles. The SMILES string of the molecule is O=C(/C=C/N1CCOCC1)c1cc([N+](=O)[O-])ccc1O. The molecule has 0 unspecified atom stereocenters. The van der Waals surface area contributed by atoms with E-state index in [2.05, 4.69) is 0 Å². The van der Waals surface area contributed by atoms with E-state index >= 15 is 0 Å². The number of nitrogens with zero attached hydrogens (tertiary/aromatic N) is 2. The fourth-order valence-electron chi connectivity index (χ4n) is 1.82. The molecule has 7 heteroatoms. The molecule has 1 fully saturated rings. The number of morpholine rings is 1. The quantitative estimate of drug-likeness (QED) is 0.386. The molecule has 1 saturated heterocycles. The highest BCUT2D eigenvalue weighted by molar-refractivity contribution is 6.06. The Morgan fingerprint density at radius 1 is 1.40 bits per heavy atom. The number of rotatable bonds is 4. The highest BCUT2D eigenvalue weighted by Gasteiger charge is 2.15. The molecular formula is C13H14N2O5. The maximum absolute atomic E-state index is 12.0. The third-order valence-corrected chi connectivity index (χ3v) is 2.94. The van der Waals surface area contributed by atoms with Gasteiger partial charge in [0.25, 0.3) is 5.69 Å². The van der Waals surface area contributed by atoms with E-state index in [0.29, 0.717) is 26.3 Å². The van der Waals surface area contributed by atoms with Gasteiger partial charge in [-0.3, -0.25) is 14.9 Å². The molecule has 1 aliphatic rings. The number of nitro groups is 1. The van der Waals surface area contributed by atoms with Crippen molar-refractivity contribution in [1.82, 2.24) is 4.90 Å². The van der Waals surface area contributed by atoms with Crippen molar-refractivity contribution in [2.24, 2.45) is 0 Å². The molecule has 20 heavy (non-hydrogen) atoms. The summed E-state index contributed by atoms with van der Waals surface area (Å²) in [6, 6.07) is 3.37. The Bertz CT molecular complexity index is 550. The Balaban J connectivity index is 2.13. The molecule has 1 heterocycles. The van der Waals surface area contributed by atoms with Crippen LogP contribution in [0.15, 0.2) is 30.5 Å². The van der Waals surface area contributed by atoms with Crippen molar-refractivity contribution in [3.05, 3.63) is 46.2 Å². The van der Waals surface area contributed by atoms with E-state index in [9.17, 15) is 20.0 Å². The van der Waals surface area contributed by atoms with E-state index in [1.54, 1.807) is 6.20 Å². The van der Waals surface area contributed by atoms with Gasteiger partial charge in [0.1, 0.15) is 5.75 Å². The van der Waals surface area contributed by atoms with Gasteiger partial charge in [0.05, 0.1) is 23.7 Å². The number of benzene rings is 1. The first-order valence-electron chi connectivity index (χ1n) is 6.09. The number of carbonyl (C=O) groups excluding carboxylic acids is 1. The van der Waals surface area contributed by atoms with Gasteiger partial charge in [-0.25, -0.2) is 0 Å². The number of nitro benzene ring substituents is 1. The standard InChI is InChI=1S/C13H14N2O5/c16-12-2-1-10(15(18)19)9-11(12)13(17)3-4-14-5-7-20-8-6-14/h1-4,9,16H,5-8H2/b4-3+. The molecule has 1 aromatic rings. The van der Waals surface area contributed by atoms with Gasteiger partial charge in [-0.2, -0.15) is 0 Å². The lowest BCUT2D eigenvalue weighted by atomic mass is 10.1. The molecule has 0 aliphatic carbocycles. The highest BCUT2D eigenvalue weighted by Crippen LogP contribution is 2.23. The van der Waals surface area contributed by atoms with Crippen LogP contribution in [0.25, 0.3) is 0 Å².